The number of rotatable bonds is 6. The number of benzene rings is 2. The molecule has 0 aromatic heterocycles. The number of halogens is 1. The molecule has 3 nitrogen and oxygen atoms in total. The second-order valence-electron chi connectivity index (χ2n) is 4.75. The van der Waals surface area contributed by atoms with Crippen molar-refractivity contribution in [3.8, 4) is 11.5 Å². The SMILES string of the molecule is CNC(Cc1ccccc1Cl)c1ccc(OC)c(OC)c1. The molecule has 2 aromatic rings. The zero-order chi connectivity index (χ0) is 15.2. The third-order valence-electron chi connectivity index (χ3n) is 3.54. The van der Waals surface area contributed by atoms with Gasteiger partial charge in [-0.15, -0.1) is 0 Å². The molecule has 0 saturated heterocycles. The van der Waals surface area contributed by atoms with Gasteiger partial charge in [0.25, 0.3) is 0 Å². The van der Waals surface area contributed by atoms with Gasteiger partial charge in [0.1, 0.15) is 0 Å². The molecule has 1 atom stereocenters. The quantitative estimate of drug-likeness (QED) is 0.879. The van der Waals surface area contributed by atoms with E-state index in [1.807, 2.05) is 49.5 Å². The lowest BCUT2D eigenvalue weighted by molar-refractivity contribution is 0.354. The Morgan fingerprint density at radius 3 is 2.38 bits per heavy atom. The zero-order valence-corrected chi connectivity index (χ0v) is 13.3. The predicted octanol–water partition coefficient (Wildman–Crippen LogP) is 3.86. The lowest BCUT2D eigenvalue weighted by atomic mass is 9.98. The molecule has 4 heteroatoms. The third kappa shape index (κ3) is 3.69. The summed E-state index contributed by atoms with van der Waals surface area (Å²) in [7, 11) is 5.22. The van der Waals surface area contributed by atoms with E-state index in [2.05, 4.69) is 5.32 Å². The molecule has 1 unspecified atom stereocenters. The van der Waals surface area contributed by atoms with Crippen LogP contribution in [0.15, 0.2) is 42.5 Å². The predicted molar refractivity (Wildman–Crippen MR) is 86.5 cm³/mol. The summed E-state index contributed by atoms with van der Waals surface area (Å²) in [5, 5.41) is 4.12. The van der Waals surface area contributed by atoms with E-state index < -0.39 is 0 Å². The summed E-state index contributed by atoms with van der Waals surface area (Å²) in [5.41, 5.74) is 2.25. The molecule has 0 heterocycles. The van der Waals surface area contributed by atoms with Crippen LogP contribution in [0.25, 0.3) is 0 Å². The summed E-state index contributed by atoms with van der Waals surface area (Å²) in [5.74, 6) is 1.46. The summed E-state index contributed by atoms with van der Waals surface area (Å²) in [6, 6.07) is 14.0. The monoisotopic (exact) mass is 305 g/mol. The van der Waals surface area contributed by atoms with E-state index in [-0.39, 0.29) is 6.04 Å². The average molecular weight is 306 g/mol. The van der Waals surface area contributed by atoms with Crippen molar-refractivity contribution in [2.45, 2.75) is 12.5 Å². The van der Waals surface area contributed by atoms with Gasteiger partial charge < -0.3 is 14.8 Å². The second kappa shape index (κ2) is 7.34. The van der Waals surface area contributed by atoms with E-state index in [0.29, 0.717) is 0 Å². The lowest BCUT2D eigenvalue weighted by Crippen LogP contribution is -2.19. The first kappa shape index (κ1) is 15.7. The van der Waals surface area contributed by atoms with Crippen LogP contribution in [0.3, 0.4) is 0 Å². The molecular formula is C17H20ClNO2. The van der Waals surface area contributed by atoms with Gasteiger partial charge >= 0.3 is 0 Å². The van der Waals surface area contributed by atoms with Crippen molar-refractivity contribution in [1.29, 1.82) is 0 Å². The summed E-state index contributed by atoms with van der Waals surface area (Å²) in [4.78, 5) is 0. The number of likely N-dealkylation sites (N-methyl/N-ethyl adjacent to an activating group) is 1. The fourth-order valence-corrected chi connectivity index (χ4v) is 2.55. The fourth-order valence-electron chi connectivity index (χ4n) is 2.34. The fraction of sp³-hybridized carbons (Fsp3) is 0.294. The standard InChI is InChI=1S/C17H20ClNO2/c1-19-15(10-12-6-4-5-7-14(12)18)13-8-9-16(20-2)17(11-13)21-3/h4-9,11,15,19H,10H2,1-3H3. The van der Waals surface area contributed by atoms with Crippen LogP contribution in [0.5, 0.6) is 11.5 Å². The van der Waals surface area contributed by atoms with Crippen LogP contribution in [0.1, 0.15) is 17.2 Å². The highest BCUT2D eigenvalue weighted by atomic mass is 35.5. The Balaban J connectivity index is 2.27. The van der Waals surface area contributed by atoms with Crippen LogP contribution < -0.4 is 14.8 Å². The van der Waals surface area contributed by atoms with Crippen molar-refractivity contribution in [2.75, 3.05) is 21.3 Å². The van der Waals surface area contributed by atoms with Gasteiger partial charge in [0, 0.05) is 11.1 Å². The third-order valence-corrected chi connectivity index (χ3v) is 3.91. The Morgan fingerprint density at radius 1 is 1.05 bits per heavy atom. The first-order valence-electron chi connectivity index (χ1n) is 6.82. The minimum Gasteiger partial charge on any atom is -0.493 e. The van der Waals surface area contributed by atoms with E-state index in [9.17, 15) is 0 Å². The molecule has 21 heavy (non-hydrogen) atoms. The van der Waals surface area contributed by atoms with Crippen molar-refractivity contribution in [3.05, 3.63) is 58.6 Å². The van der Waals surface area contributed by atoms with Gasteiger partial charge in [-0.3, -0.25) is 0 Å². The normalized spacial score (nSPS) is 12.0. The maximum atomic E-state index is 6.25. The average Bonchev–Trinajstić information content (AvgIpc) is 2.53. The molecule has 112 valence electrons. The molecule has 0 amide bonds. The molecule has 0 fully saturated rings. The van der Waals surface area contributed by atoms with E-state index in [0.717, 1.165) is 34.1 Å². The minimum atomic E-state index is 0.157. The van der Waals surface area contributed by atoms with Crippen LogP contribution in [0, 0.1) is 0 Å². The Morgan fingerprint density at radius 2 is 1.76 bits per heavy atom. The van der Waals surface area contributed by atoms with Gasteiger partial charge in [-0.05, 0) is 42.8 Å². The first-order valence-corrected chi connectivity index (χ1v) is 7.20. The summed E-state index contributed by atoms with van der Waals surface area (Å²) < 4.78 is 10.6. The van der Waals surface area contributed by atoms with Crippen LogP contribution in [0.2, 0.25) is 5.02 Å². The van der Waals surface area contributed by atoms with Crippen molar-refractivity contribution in [3.63, 3.8) is 0 Å². The molecule has 0 spiro atoms. The molecule has 0 saturated carbocycles. The first-order chi connectivity index (χ1) is 10.2. The molecule has 1 N–H and O–H groups in total. The van der Waals surface area contributed by atoms with Crippen LogP contribution in [-0.4, -0.2) is 21.3 Å². The van der Waals surface area contributed by atoms with E-state index in [1.165, 1.54) is 0 Å². The molecule has 2 aromatic carbocycles. The zero-order valence-electron chi connectivity index (χ0n) is 12.5. The number of hydrogen-bond donors (Lipinski definition) is 1. The van der Waals surface area contributed by atoms with Crippen molar-refractivity contribution >= 4 is 11.6 Å². The molecule has 0 aliphatic heterocycles. The van der Waals surface area contributed by atoms with E-state index in [4.69, 9.17) is 21.1 Å². The van der Waals surface area contributed by atoms with Gasteiger partial charge in [0.05, 0.1) is 14.2 Å². The molecule has 0 aliphatic carbocycles. The van der Waals surface area contributed by atoms with Crippen molar-refractivity contribution in [1.82, 2.24) is 5.32 Å². The molecular weight excluding hydrogens is 286 g/mol. The summed E-state index contributed by atoms with van der Waals surface area (Å²) >= 11 is 6.25. The summed E-state index contributed by atoms with van der Waals surface area (Å²) in [6.45, 7) is 0. The number of hydrogen-bond acceptors (Lipinski definition) is 3. The molecule has 2 rings (SSSR count). The smallest absolute Gasteiger partial charge is 0.161 e. The number of methoxy groups -OCH3 is 2. The number of ether oxygens (including phenoxy) is 2. The van der Waals surface area contributed by atoms with Crippen LogP contribution >= 0.6 is 11.6 Å². The molecule has 0 bridgehead atoms. The van der Waals surface area contributed by atoms with Gasteiger partial charge in [0.15, 0.2) is 11.5 Å². The van der Waals surface area contributed by atoms with Crippen molar-refractivity contribution < 1.29 is 9.47 Å². The Bertz CT molecular complexity index is 601. The van der Waals surface area contributed by atoms with Crippen LogP contribution in [0.4, 0.5) is 0 Å². The van der Waals surface area contributed by atoms with Gasteiger partial charge in [0.2, 0.25) is 0 Å². The number of nitrogens with one attached hydrogen (secondary N) is 1. The van der Waals surface area contributed by atoms with Gasteiger partial charge in [-0.25, -0.2) is 0 Å². The Labute approximate surface area is 130 Å². The minimum absolute atomic E-state index is 0.157. The Hall–Kier alpha value is -1.71. The van der Waals surface area contributed by atoms with Gasteiger partial charge in [-0.1, -0.05) is 35.9 Å². The maximum absolute atomic E-state index is 6.25. The van der Waals surface area contributed by atoms with Gasteiger partial charge in [-0.2, -0.15) is 0 Å². The highest BCUT2D eigenvalue weighted by Crippen LogP contribution is 2.31. The largest absolute Gasteiger partial charge is 0.493 e. The lowest BCUT2D eigenvalue weighted by Gasteiger charge is -2.19. The molecule has 0 aliphatic rings. The van der Waals surface area contributed by atoms with E-state index in [1.54, 1.807) is 14.2 Å². The van der Waals surface area contributed by atoms with Crippen molar-refractivity contribution in [2.24, 2.45) is 0 Å². The highest BCUT2D eigenvalue weighted by Gasteiger charge is 2.14. The maximum Gasteiger partial charge on any atom is 0.161 e. The topological polar surface area (TPSA) is 30.5 Å². The highest BCUT2D eigenvalue weighted by molar-refractivity contribution is 6.31. The summed E-state index contributed by atoms with van der Waals surface area (Å²) in [6.07, 6.45) is 0.811. The van der Waals surface area contributed by atoms with E-state index >= 15 is 0 Å². The second-order valence-corrected chi connectivity index (χ2v) is 5.16. The van der Waals surface area contributed by atoms with Crippen LogP contribution in [-0.2, 0) is 6.42 Å². The Kier molecular flexibility index (Phi) is 5.48. The molecule has 0 radical (unpaired) electrons.